The number of amides is 4. The number of fused-ring (bicyclic) bond motifs is 1. The Bertz CT molecular complexity index is 1030. The Kier molecular flexibility index (Phi) is 8.56. The largest absolute Gasteiger partial charge is 0.375 e. The van der Waals surface area contributed by atoms with Crippen LogP contribution in [0.2, 0.25) is 0 Å². The average Bonchev–Trinajstić information content (AvgIpc) is 2.88. The van der Waals surface area contributed by atoms with Crippen molar-refractivity contribution in [1.29, 1.82) is 0 Å². The van der Waals surface area contributed by atoms with Gasteiger partial charge >= 0.3 is 6.03 Å². The SMILES string of the molecule is CCC[C@H]1C(=O)N(CCOCc2ccccc2)C[C@H]2N1C(=O)CN(C)N2C(=O)NCc1ccccc1. The van der Waals surface area contributed by atoms with E-state index < -0.39 is 12.2 Å². The molecule has 9 heteroatoms. The molecule has 1 N–H and O–H groups in total. The highest BCUT2D eigenvalue weighted by Crippen LogP contribution is 2.27. The molecule has 0 radical (unpaired) electrons. The van der Waals surface area contributed by atoms with E-state index in [2.05, 4.69) is 5.32 Å². The Morgan fingerprint density at radius 2 is 1.69 bits per heavy atom. The second kappa shape index (κ2) is 12.0. The summed E-state index contributed by atoms with van der Waals surface area (Å²) in [6.07, 6.45) is 0.725. The van der Waals surface area contributed by atoms with E-state index in [-0.39, 0.29) is 30.9 Å². The maximum absolute atomic E-state index is 13.4. The van der Waals surface area contributed by atoms with E-state index in [0.29, 0.717) is 32.7 Å². The first kappa shape index (κ1) is 25.7. The van der Waals surface area contributed by atoms with Crippen molar-refractivity contribution in [2.45, 2.75) is 45.1 Å². The summed E-state index contributed by atoms with van der Waals surface area (Å²) in [5, 5.41) is 6.20. The van der Waals surface area contributed by atoms with E-state index in [1.807, 2.05) is 67.6 Å². The fraction of sp³-hybridized carbons (Fsp3) is 0.444. The zero-order chi connectivity index (χ0) is 25.5. The van der Waals surface area contributed by atoms with Crippen LogP contribution in [0.5, 0.6) is 0 Å². The number of hydrazine groups is 1. The molecule has 0 aromatic heterocycles. The molecular weight excluding hydrogens is 458 g/mol. The summed E-state index contributed by atoms with van der Waals surface area (Å²) in [6, 6.07) is 18.7. The van der Waals surface area contributed by atoms with E-state index >= 15 is 0 Å². The molecule has 2 heterocycles. The minimum Gasteiger partial charge on any atom is -0.375 e. The molecule has 2 aromatic rings. The number of hydrogen-bond acceptors (Lipinski definition) is 5. The predicted octanol–water partition coefficient (Wildman–Crippen LogP) is 2.44. The van der Waals surface area contributed by atoms with Gasteiger partial charge in [-0.05, 0) is 17.5 Å². The molecule has 192 valence electrons. The zero-order valence-electron chi connectivity index (χ0n) is 21.0. The number of rotatable bonds is 9. The van der Waals surface area contributed by atoms with Crippen molar-refractivity contribution < 1.29 is 19.1 Å². The molecule has 2 saturated heterocycles. The third-order valence-electron chi connectivity index (χ3n) is 6.61. The second-order valence-corrected chi connectivity index (χ2v) is 9.21. The molecule has 2 atom stereocenters. The van der Waals surface area contributed by atoms with Crippen LogP contribution in [0.25, 0.3) is 0 Å². The Morgan fingerprint density at radius 1 is 1.03 bits per heavy atom. The van der Waals surface area contributed by atoms with Crippen LogP contribution in [0.15, 0.2) is 60.7 Å². The number of benzene rings is 2. The van der Waals surface area contributed by atoms with Crippen LogP contribution >= 0.6 is 0 Å². The number of carbonyl (C=O) groups is 3. The first-order chi connectivity index (χ1) is 17.5. The highest BCUT2D eigenvalue weighted by Gasteiger charge is 2.50. The lowest BCUT2D eigenvalue weighted by atomic mass is 10.0. The van der Waals surface area contributed by atoms with Gasteiger partial charge in [0, 0.05) is 20.1 Å². The molecular formula is C27H35N5O4. The zero-order valence-corrected chi connectivity index (χ0v) is 21.0. The average molecular weight is 494 g/mol. The number of hydrogen-bond donors (Lipinski definition) is 1. The normalized spacial score (nSPS) is 20.4. The van der Waals surface area contributed by atoms with Gasteiger partial charge in [0.2, 0.25) is 11.8 Å². The van der Waals surface area contributed by atoms with E-state index in [1.54, 1.807) is 26.9 Å². The van der Waals surface area contributed by atoms with Crippen LogP contribution in [-0.2, 0) is 27.5 Å². The standard InChI is InChI=1S/C27H35N5O4/c1-3-10-23-26(34)30(15-16-36-20-22-13-8-5-9-14-22)18-24-31(23)25(33)19-29(2)32(24)27(35)28-17-21-11-6-4-7-12-21/h4-9,11-14,23-24H,3,10,15-20H2,1-2H3,(H,28,35)/t23-,24-/m0/s1. The number of nitrogens with one attached hydrogen (secondary N) is 1. The Balaban J connectivity index is 1.46. The van der Waals surface area contributed by atoms with Gasteiger partial charge in [-0.15, -0.1) is 0 Å². The summed E-state index contributed by atoms with van der Waals surface area (Å²) < 4.78 is 5.83. The molecule has 2 aromatic carbocycles. The molecule has 36 heavy (non-hydrogen) atoms. The van der Waals surface area contributed by atoms with Gasteiger partial charge in [0.25, 0.3) is 0 Å². The minimum atomic E-state index is -0.589. The number of ether oxygens (including phenoxy) is 1. The van der Waals surface area contributed by atoms with Gasteiger partial charge in [-0.25, -0.2) is 14.8 Å². The highest BCUT2D eigenvalue weighted by atomic mass is 16.5. The first-order valence-electron chi connectivity index (χ1n) is 12.5. The lowest BCUT2D eigenvalue weighted by Crippen LogP contribution is -2.76. The van der Waals surface area contributed by atoms with Gasteiger partial charge in [0.15, 0.2) is 0 Å². The van der Waals surface area contributed by atoms with E-state index in [9.17, 15) is 14.4 Å². The van der Waals surface area contributed by atoms with Gasteiger partial charge < -0.3 is 19.9 Å². The fourth-order valence-electron chi connectivity index (χ4n) is 4.85. The maximum Gasteiger partial charge on any atom is 0.334 e. The predicted molar refractivity (Wildman–Crippen MR) is 135 cm³/mol. The Hall–Kier alpha value is -3.43. The number of carbonyl (C=O) groups excluding carboxylic acids is 3. The molecule has 0 unspecified atom stereocenters. The van der Waals surface area contributed by atoms with E-state index in [0.717, 1.165) is 17.5 Å². The molecule has 4 amide bonds. The Labute approximate surface area is 212 Å². The molecule has 0 spiro atoms. The topological polar surface area (TPSA) is 85.4 Å². The van der Waals surface area contributed by atoms with Crippen molar-refractivity contribution in [2.24, 2.45) is 0 Å². The number of likely N-dealkylation sites (N-methyl/N-ethyl adjacent to an activating group) is 1. The first-order valence-corrected chi connectivity index (χ1v) is 12.5. The summed E-state index contributed by atoms with van der Waals surface area (Å²) in [6.45, 7) is 3.88. The van der Waals surface area contributed by atoms with Crippen LogP contribution in [0, 0.1) is 0 Å². The molecule has 0 saturated carbocycles. The van der Waals surface area contributed by atoms with Crippen LogP contribution in [0.1, 0.15) is 30.9 Å². The number of nitrogens with zero attached hydrogens (tertiary/aromatic N) is 4. The van der Waals surface area contributed by atoms with Crippen LogP contribution < -0.4 is 5.32 Å². The van der Waals surface area contributed by atoms with Gasteiger partial charge in [0.1, 0.15) is 12.2 Å². The molecule has 9 nitrogen and oxygen atoms in total. The molecule has 0 bridgehead atoms. The molecule has 4 rings (SSSR count). The summed E-state index contributed by atoms with van der Waals surface area (Å²) in [5.74, 6) is -0.222. The smallest absolute Gasteiger partial charge is 0.334 e. The quantitative estimate of drug-likeness (QED) is 0.543. The lowest BCUT2D eigenvalue weighted by Gasteiger charge is -2.54. The monoisotopic (exact) mass is 493 g/mol. The molecule has 0 aliphatic carbocycles. The van der Waals surface area contributed by atoms with Gasteiger partial charge in [-0.2, -0.15) is 0 Å². The van der Waals surface area contributed by atoms with Crippen molar-refractivity contribution >= 4 is 17.8 Å². The summed E-state index contributed by atoms with van der Waals surface area (Å²) in [4.78, 5) is 43.1. The van der Waals surface area contributed by atoms with Gasteiger partial charge in [0.05, 0.1) is 26.3 Å². The molecule has 2 fully saturated rings. The van der Waals surface area contributed by atoms with Crippen molar-refractivity contribution in [1.82, 2.24) is 25.1 Å². The Morgan fingerprint density at radius 3 is 2.36 bits per heavy atom. The number of urea groups is 1. The van der Waals surface area contributed by atoms with Crippen LogP contribution in [0.4, 0.5) is 4.79 Å². The van der Waals surface area contributed by atoms with E-state index in [1.165, 1.54) is 0 Å². The van der Waals surface area contributed by atoms with Gasteiger partial charge in [-0.1, -0.05) is 74.0 Å². The second-order valence-electron chi connectivity index (χ2n) is 9.21. The molecule has 2 aliphatic heterocycles. The van der Waals surface area contributed by atoms with Crippen molar-refractivity contribution in [2.75, 3.05) is 33.3 Å². The number of piperazine rings is 1. The lowest BCUT2D eigenvalue weighted by molar-refractivity contribution is -0.188. The van der Waals surface area contributed by atoms with Crippen LogP contribution in [0.3, 0.4) is 0 Å². The summed E-state index contributed by atoms with van der Waals surface area (Å²) in [7, 11) is 1.73. The minimum absolute atomic E-state index is 0.0446. The van der Waals surface area contributed by atoms with Crippen molar-refractivity contribution in [3.63, 3.8) is 0 Å². The summed E-state index contributed by atoms with van der Waals surface area (Å²) in [5.41, 5.74) is 2.05. The van der Waals surface area contributed by atoms with Crippen LogP contribution in [-0.4, -0.2) is 83.2 Å². The third kappa shape index (κ3) is 5.85. The van der Waals surface area contributed by atoms with Crippen molar-refractivity contribution in [3.8, 4) is 0 Å². The maximum atomic E-state index is 13.4. The summed E-state index contributed by atoms with van der Waals surface area (Å²) >= 11 is 0. The fourth-order valence-corrected chi connectivity index (χ4v) is 4.85. The van der Waals surface area contributed by atoms with Gasteiger partial charge in [-0.3, -0.25) is 9.59 Å². The molecule has 2 aliphatic rings. The third-order valence-corrected chi connectivity index (χ3v) is 6.61. The van der Waals surface area contributed by atoms with E-state index in [4.69, 9.17) is 4.74 Å². The van der Waals surface area contributed by atoms with Crippen molar-refractivity contribution in [3.05, 3.63) is 71.8 Å². The highest BCUT2D eigenvalue weighted by molar-refractivity contribution is 5.91.